The van der Waals surface area contributed by atoms with Crippen LogP contribution in [0.5, 0.6) is 0 Å². The van der Waals surface area contributed by atoms with Crippen LogP contribution in [0.3, 0.4) is 0 Å². The van der Waals surface area contributed by atoms with E-state index in [1.54, 1.807) is 0 Å². The number of hydrogen-bond donors (Lipinski definition) is 0. The maximum atomic E-state index is 5.99. The molecule has 2 nitrogen and oxygen atoms in total. The van der Waals surface area contributed by atoms with E-state index in [1.165, 1.54) is 12.0 Å². The standard InChI is InChI=1S/C16H25BO2/c1-15(2)16(3,4)19-17(18-15)13-9-8-12-14-10-6-5-7-11-14/h5-7,10-11H,8-9,12-13H2,1-4H3. The van der Waals surface area contributed by atoms with Crippen LogP contribution in [0.4, 0.5) is 0 Å². The van der Waals surface area contributed by atoms with Crippen LogP contribution < -0.4 is 0 Å². The number of hydrogen-bond acceptors (Lipinski definition) is 2. The number of unbranched alkanes of at least 4 members (excludes halogenated alkanes) is 1. The normalized spacial score (nSPS) is 20.7. The van der Waals surface area contributed by atoms with Crippen LogP contribution in [-0.4, -0.2) is 18.3 Å². The van der Waals surface area contributed by atoms with Gasteiger partial charge in [-0.15, -0.1) is 0 Å². The van der Waals surface area contributed by atoms with Gasteiger partial charge in [-0.2, -0.15) is 0 Å². The lowest BCUT2D eigenvalue weighted by molar-refractivity contribution is 0.00578. The number of rotatable bonds is 5. The minimum Gasteiger partial charge on any atom is -0.403 e. The Morgan fingerprint density at radius 2 is 1.47 bits per heavy atom. The summed E-state index contributed by atoms with van der Waals surface area (Å²) in [6.45, 7) is 8.43. The van der Waals surface area contributed by atoms with Gasteiger partial charge in [0.25, 0.3) is 0 Å². The predicted octanol–water partition coefficient (Wildman–Crippen LogP) is 4.10. The first-order valence-corrected chi connectivity index (χ1v) is 7.30. The summed E-state index contributed by atoms with van der Waals surface area (Å²) in [7, 11) is -0.0410. The highest BCUT2D eigenvalue weighted by Gasteiger charge is 2.50. The van der Waals surface area contributed by atoms with Crippen LogP contribution in [0.1, 0.15) is 46.1 Å². The second-order valence-corrected chi connectivity index (χ2v) is 6.42. The molecule has 1 aromatic rings. The zero-order chi connectivity index (χ0) is 13.9. The first kappa shape index (κ1) is 14.6. The molecule has 0 spiro atoms. The van der Waals surface area contributed by atoms with Crippen LogP contribution in [0.25, 0.3) is 0 Å². The van der Waals surface area contributed by atoms with Crippen LogP contribution in [0.15, 0.2) is 30.3 Å². The van der Waals surface area contributed by atoms with Crippen molar-refractivity contribution < 1.29 is 9.31 Å². The molecule has 0 N–H and O–H groups in total. The van der Waals surface area contributed by atoms with E-state index in [0.717, 1.165) is 19.2 Å². The van der Waals surface area contributed by atoms with Crippen LogP contribution in [0.2, 0.25) is 6.32 Å². The Kier molecular flexibility index (Phi) is 4.37. The first-order chi connectivity index (χ1) is 8.91. The van der Waals surface area contributed by atoms with E-state index in [9.17, 15) is 0 Å². The van der Waals surface area contributed by atoms with Crippen molar-refractivity contribution in [3.05, 3.63) is 35.9 Å². The van der Waals surface area contributed by atoms with Gasteiger partial charge in [0.1, 0.15) is 0 Å². The molecule has 0 atom stereocenters. The number of aryl methyl sites for hydroxylation is 1. The molecule has 0 radical (unpaired) electrons. The Morgan fingerprint density at radius 1 is 0.895 bits per heavy atom. The molecule has 0 aliphatic carbocycles. The Morgan fingerprint density at radius 3 is 2.05 bits per heavy atom. The van der Waals surface area contributed by atoms with Gasteiger partial charge in [-0.3, -0.25) is 0 Å². The smallest absolute Gasteiger partial charge is 0.403 e. The van der Waals surface area contributed by atoms with E-state index in [2.05, 4.69) is 58.0 Å². The van der Waals surface area contributed by atoms with E-state index < -0.39 is 0 Å². The molecule has 1 heterocycles. The summed E-state index contributed by atoms with van der Waals surface area (Å²) >= 11 is 0. The molecular formula is C16H25BO2. The van der Waals surface area contributed by atoms with Crippen molar-refractivity contribution in [2.45, 2.75) is 64.5 Å². The molecule has 0 saturated carbocycles. The minimum absolute atomic E-state index is 0.0410. The second-order valence-electron chi connectivity index (χ2n) is 6.42. The van der Waals surface area contributed by atoms with Crippen LogP contribution >= 0.6 is 0 Å². The molecule has 1 saturated heterocycles. The van der Waals surface area contributed by atoms with Gasteiger partial charge in [-0.05, 0) is 52.4 Å². The summed E-state index contributed by atoms with van der Waals surface area (Å²) in [5, 5.41) is 0. The lowest BCUT2D eigenvalue weighted by Gasteiger charge is -2.32. The summed E-state index contributed by atoms with van der Waals surface area (Å²) in [6.07, 6.45) is 4.46. The topological polar surface area (TPSA) is 18.5 Å². The van der Waals surface area contributed by atoms with Crippen molar-refractivity contribution in [1.82, 2.24) is 0 Å². The zero-order valence-electron chi connectivity index (χ0n) is 12.6. The average Bonchev–Trinajstić information content (AvgIpc) is 2.55. The van der Waals surface area contributed by atoms with Gasteiger partial charge in [-0.25, -0.2) is 0 Å². The summed E-state index contributed by atoms with van der Waals surface area (Å²) in [5.74, 6) is 0. The molecule has 0 amide bonds. The predicted molar refractivity (Wildman–Crippen MR) is 80.3 cm³/mol. The summed E-state index contributed by atoms with van der Waals surface area (Å²) in [4.78, 5) is 0. The lowest BCUT2D eigenvalue weighted by atomic mass is 9.82. The van der Waals surface area contributed by atoms with Gasteiger partial charge in [0, 0.05) is 0 Å². The molecule has 1 aliphatic rings. The van der Waals surface area contributed by atoms with E-state index in [0.29, 0.717) is 0 Å². The van der Waals surface area contributed by atoms with E-state index in [1.807, 2.05) is 0 Å². The Balaban J connectivity index is 1.70. The molecule has 0 aromatic heterocycles. The largest absolute Gasteiger partial charge is 0.457 e. The molecule has 0 bridgehead atoms. The van der Waals surface area contributed by atoms with Gasteiger partial charge < -0.3 is 9.31 Å². The van der Waals surface area contributed by atoms with E-state index in [4.69, 9.17) is 9.31 Å². The molecular weight excluding hydrogens is 235 g/mol. The maximum Gasteiger partial charge on any atom is 0.457 e. The summed E-state index contributed by atoms with van der Waals surface area (Å²) < 4.78 is 12.0. The van der Waals surface area contributed by atoms with Crippen molar-refractivity contribution in [3.8, 4) is 0 Å². The quantitative estimate of drug-likeness (QED) is 0.586. The van der Waals surface area contributed by atoms with Crippen molar-refractivity contribution in [1.29, 1.82) is 0 Å². The molecule has 3 heteroatoms. The molecule has 1 fully saturated rings. The third kappa shape index (κ3) is 3.61. The van der Waals surface area contributed by atoms with Crippen molar-refractivity contribution >= 4 is 7.12 Å². The average molecular weight is 260 g/mol. The molecule has 1 aliphatic heterocycles. The van der Waals surface area contributed by atoms with Crippen molar-refractivity contribution in [2.24, 2.45) is 0 Å². The molecule has 19 heavy (non-hydrogen) atoms. The fourth-order valence-corrected chi connectivity index (χ4v) is 2.37. The second kappa shape index (κ2) is 5.68. The molecule has 0 unspecified atom stereocenters. The SMILES string of the molecule is CC1(C)OB(CCCCc2ccccc2)OC1(C)C. The zero-order valence-corrected chi connectivity index (χ0v) is 12.6. The van der Waals surface area contributed by atoms with Crippen LogP contribution in [0, 0.1) is 0 Å². The third-order valence-electron chi connectivity index (χ3n) is 4.30. The van der Waals surface area contributed by atoms with Gasteiger partial charge in [-0.1, -0.05) is 36.8 Å². The Hall–Kier alpha value is -0.795. The van der Waals surface area contributed by atoms with Gasteiger partial charge in [0.15, 0.2) is 0 Å². The molecule has 1 aromatic carbocycles. The fourth-order valence-electron chi connectivity index (χ4n) is 2.37. The first-order valence-electron chi connectivity index (χ1n) is 7.30. The lowest BCUT2D eigenvalue weighted by Crippen LogP contribution is -2.41. The highest BCUT2D eigenvalue weighted by atomic mass is 16.7. The number of benzene rings is 1. The maximum absolute atomic E-state index is 5.99. The van der Waals surface area contributed by atoms with Crippen LogP contribution in [-0.2, 0) is 15.7 Å². The van der Waals surface area contributed by atoms with Crippen molar-refractivity contribution in [3.63, 3.8) is 0 Å². The summed E-state index contributed by atoms with van der Waals surface area (Å²) in [5.41, 5.74) is 1.02. The summed E-state index contributed by atoms with van der Waals surface area (Å²) in [6, 6.07) is 10.6. The monoisotopic (exact) mass is 260 g/mol. The highest BCUT2D eigenvalue weighted by molar-refractivity contribution is 6.45. The fraction of sp³-hybridized carbons (Fsp3) is 0.625. The molecule has 2 rings (SSSR count). The van der Waals surface area contributed by atoms with Gasteiger partial charge in [0.2, 0.25) is 0 Å². The van der Waals surface area contributed by atoms with E-state index in [-0.39, 0.29) is 18.3 Å². The Labute approximate surface area is 117 Å². The highest BCUT2D eigenvalue weighted by Crippen LogP contribution is 2.38. The van der Waals surface area contributed by atoms with Gasteiger partial charge in [0.05, 0.1) is 11.2 Å². The molecule has 104 valence electrons. The minimum atomic E-state index is -0.197. The van der Waals surface area contributed by atoms with E-state index >= 15 is 0 Å². The third-order valence-corrected chi connectivity index (χ3v) is 4.30. The van der Waals surface area contributed by atoms with Crippen molar-refractivity contribution in [2.75, 3.05) is 0 Å². The Bertz CT molecular complexity index is 384. The van der Waals surface area contributed by atoms with Gasteiger partial charge >= 0.3 is 7.12 Å².